The van der Waals surface area contributed by atoms with Crippen molar-refractivity contribution < 1.29 is 18.1 Å². The molecule has 1 aliphatic heterocycles. The van der Waals surface area contributed by atoms with Crippen LogP contribution in [0.1, 0.15) is 5.56 Å². The first-order valence-corrected chi connectivity index (χ1v) is 11.1. The van der Waals surface area contributed by atoms with Gasteiger partial charge in [0.15, 0.2) is 0 Å². The van der Waals surface area contributed by atoms with Crippen LogP contribution in [0.25, 0.3) is 6.08 Å². The number of piperazine rings is 1. The Morgan fingerprint density at radius 1 is 1.03 bits per heavy atom. The van der Waals surface area contributed by atoms with Gasteiger partial charge in [-0.1, -0.05) is 35.3 Å². The third-order valence-corrected chi connectivity index (χ3v) is 7.16. The number of sulfonamides is 1. The third kappa shape index (κ3) is 4.81. The Bertz CT molecular complexity index is 1090. The van der Waals surface area contributed by atoms with Crippen molar-refractivity contribution in [2.45, 2.75) is 4.90 Å². The van der Waals surface area contributed by atoms with Gasteiger partial charge in [0.05, 0.1) is 9.82 Å². The molecular formula is C19H17Cl2N3O5S. The standard InChI is InChI=1S/C19H17Cl2N3O5S/c20-17-5-2-6-18(21)16(17)7-8-19(25)22-9-11-23(12-10-22)30(28,29)15-4-1-3-14(13-15)24(26)27/h1-8,13H,9-12H2/b8-7+. The molecule has 1 amide bonds. The summed E-state index contributed by atoms with van der Waals surface area (Å²) >= 11 is 12.2. The van der Waals surface area contributed by atoms with Crippen LogP contribution < -0.4 is 0 Å². The molecule has 1 heterocycles. The third-order valence-electron chi connectivity index (χ3n) is 4.61. The average molecular weight is 470 g/mol. The van der Waals surface area contributed by atoms with E-state index in [-0.39, 0.29) is 42.7 Å². The van der Waals surface area contributed by atoms with Gasteiger partial charge in [0.25, 0.3) is 5.69 Å². The average Bonchev–Trinajstić information content (AvgIpc) is 2.73. The van der Waals surface area contributed by atoms with Crippen LogP contribution in [0, 0.1) is 10.1 Å². The summed E-state index contributed by atoms with van der Waals surface area (Å²) in [5.41, 5.74) is 0.231. The number of non-ortho nitro benzene ring substituents is 1. The first kappa shape index (κ1) is 22.2. The highest BCUT2D eigenvalue weighted by Gasteiger charge is 2.30. The smallest absolute Gasteiger partial charge is 0.270 e. The van der Waals surface area contributed by atoms with E-state index >= 15 is 0 Å². The minimum absolute atomic E-state index is 0.0808. The first-order chi connectivity index (χ1) is 14.2. The van der Waals surface area contributed by atoms with Gasteiger partial charge in [0.2, 0.25) is 15.9 Å². The molecule has 2 aromatic rings. The molecule has 1 aliphatic rings. The Labute approximate surface area is 183 Å². The van der Waals surface area contributed by atoms with Gasteiger partial charge in [-0.25, -0.2) is 8.42 Å². The minimum Gasteiger partial charge on any atom is -0.337 e. The van der Waals surface area contributed by atoms with Crippen LogP contribution in [-0.2, 0) is 14.8 Å². The van der Waals surface area contributed by atoms with Gasteiger partial charge < -0.3 is 4.90 Å². The molecule has 0 bridgehead atoms. The fourth-order valence-electron chi connectivity index (χ4n) is 2.99. The Balaban J connectivity index is 1.67. The van der Waals surface area contributed by atoms with Crippen molar-refractivity contribution in [1.29, 1.82) is 0 Å². The number of nitro groups is 1. The summed E-state index contributed by atoms with van der Waals surface area (Å²) in [6, 6.07) is 9.93. The minimum atomic E-state index is -3.90. The Hall–Kier alpha value is -2.46. The highest BCUT2D eigenvalue weighted by Crippen LogP contribution is 2.26. The van der Waals surface area contributed by atoms with Crippen molar-refractivity contribution in [3.8, 4) is 0 Å². The maximum atomic E-state index is 12.8. The van der Waals surface area contributed by atoms with Crippen molar-refractivity contribution in [2.24, 2.45) is 0 Å². The maximum Gasteiger partial charge on any atom is 0.270 e. The summed E-state index contributed by atoms with van der Waals surface area (Å²) in [5.74, 6) is -0.293. The van der Waals surface area contributed by atoms with Gasteiger partial charge in [0.1, 0.15) is 0 Å². The van der Waals surface area contributed by atoms with Crippen LogP contribution in [0.3, 0.4) is 0 Å². The molecule has 0 saturated carbocycles. The fourth-order valence-corrected chi connectivity index (χ4v) is 4.97. The van der Waals surface area contributed by atoms with Gasteiger partial charge >= 0.3 is 0 Å². The second-order valence-electron chi connectivity index (χ2n) is 6.45. The lowest BCUT2D eigenvalue weighted by Crippen LogP contribution is -2.50. The quantitative estimate of drug-likeness (QED) is 0.379. The van der Waals surface area contributed by atoms with Crippen molar-refractivity contribution in [3.63, 3.8) is 0 Å². The lowest BCUT2D eigenvalue weighted by Gasteiger charge is -2.33. The van der Waals surface area contributed by atoms with Crippen molar-refractivity contribution in [3.05, 3.63) is 74.3 Å². The summed E-state index contributed by atoms with van der Waals surface area (Å²) in [4.78, 5) is 24.1. The van der Waals surface area contributed by atoms with Crippen molar-refractivity contribution >= 4 is 50.9 Å². The van der Waals surface area contributed by atoms with E-state index < -0.39 is 14.9 Å². The highest BCUT2D eigenvalue weighted by atomic mass is 35.5. The van der Waals surface area contributed by atoms with Gasteiger partial charge in [-0.2, -0.15) is 4.31 Å². The van der Waals surface area contributed by atoms with Crippen LogP contribution in [0.5, 0.6) is 0 Å². The molecule has 2 aromatic carbocycles. The van der Waals surface area contributed by atoms with Gasteiger partial charge in [-0.3, -0.25) is 14.9 Å². The number of carbonyl (C=O) groups excluding carboxylic acids is 1. The lowest BCUT2D eigenvalue weighted by molar-refractivity contribution is -0.385. The van der Waals surface area contributed by atoms with Crippen LogP contribution >= 0.6 is 23.2 Å². The summed E-state index contributed by atoms with van der Waals surface area (Å²) in [6.07, 6.45) is 2.87. The summed E-state index contributed by atoms with van der Waals surface area (Å²) < 4.78 is 26.8. The van der Waals surface area contributed by atoms with Gasteiger partial charge in [0, 0.05) is 60.0 Å². The van der Waals surface area contributed by atoms with Crippen LogP contribution in [0.4, 0.5) is 5.69 Å². The number of halogens is 2. The molecule has 0 aromatic heterocycles. The van der Waals surface area contributed by atoms with E-state index in [1.807, 2.05) is 0 Å². The first-order valence-electron chi connectivity index (χ1n) is 8.86. The Morgan fingerprint density at radius 2 is 1.63 bits per heavy atom. The molecule has 0 unspecified atom stereocenters. The molecule has 3 rings (SSSR count). The van der Waals surface area contributed by atoms with Crippen LogP contribution in [0.2, 0.25) is 10.0 Å². The molecule has 8 nitrogen and oxygen atoms in total. The zero-order valence-electron chi connectivity index (χ0n) is 15.6. The van der Waals surface area contributed by atoms with Crippen LogP contribution in [-0.4, -0.2) is 54.6 Å². The molecule has 0 atom stereocenters. The monoisotopic (exact) mass is 469 g/mol. The molecule has 1 fully saturated rings. The number of benzene rings is 2. The van der Waals surface area contributed by atoms with Gasteiger partial charge in [-0.05, 0) is 24.3 Å². The zero-order chi connectivity index (χ0) is 21.9. The molecule has 11 heteroatoms. The Morgan fingerprint density at radius 3 is 2.23 bits per heavy atom. The van der Waals surface area contributed by atoms with E-state index in [9.17, 15) is 23.3 Å². The van der Waals surface area contributed by atoms with E-state index in [4.69, 9.17) is 23.2 Å². The second-order valence-corrected chi connectivity index (χ2v) is 9.20. The molecule has 30 heavy (non-hydrogen) atoms. The lowest BCUT2D eigenvalue weighted by atomic mass is 10.2. The number of hydrogen-bond donors (Lipinski definition) is 0. The molecule has 158 valence electrons. The van der Waals surface area contributed by atoms with E-state index in [1.54, 1.807) is 18.2 Å². The second kappa shape index (κ2) is 9.13. The predicted molar refractivity (Wildman–Crippen MR) is 114 cm³/mol. The number of nitro benzene ring substituents is 1. The highest BCUT2D eigenvalue weighted by molar-refractivity contribution is 7.89. The number of rotatable bonds is 5. The maximum absolute atomic E-state index is 12.8. The van der Waals surface area contributed by atoms with E-state index in [0.29, 0.717) is 15.6 Å². The number of hydrogen-bond acceptors (Lipinski definition) is 5. The topological polar surface area (TPSA) is 101 Å². The number of carbonyl (C=O) groups is 1. The molecule has 1 saturated heterocycles. The molecule has 0 radical (unpaired) electrons. The summed E-state index contributed by atoms with van der Waals surface area (Å²) in [5, 5.41) is 11.7. The molecule has 0 spiro atoms. The van der Waals surface area contributed by atoms with Crippen molar-refractivity contribution in [2.75, 3.05) is 26.2 Å². The number of nitrogens with zero attached hydrogens (tertiary/aromatic N) is 3. The largest absolute Gasteiger partial charge is 0.337 e. The molecular weight excluding hydrogens is 453 g/mol. The van der Waals surface area contributed by atoms with E-state index in [2.05, 4.69) is 0 Å². The number of amides is 1. The zero-order valence-corrected chi connectivity index (χ0v) is 17.9. The van der Waals surface area contributed by atoms with Crippen molar-refractivity contribution in [1.82, 2.24) is 9.21 Å². The predicted octanol–water partition coefficient (Wildman–Crippen LogP) is 3.45. The Kier molecular flexibility index (Phi) is 6.77. The SMILES string of the molecule is O=C(/C=C/c1c(Cl)cccc1Cl)N1CCN(S(=O)(=O)c2cccc([N+](=O)[O-])c2)CC1. The molecule has 0 aliphatic carbocycles. The van der Waals surface area contributed by atoms with Gasteiger partial charge in [-0.15, -0.1) is 0 Å². The van der Waals surface area contributed by atoms with E-state index in [1.165, 1.54) is 39.6 Å². The normalized spacial score (nSPS) is 15.5. The molecule has 0 N–H and O–H groups in total. The fraction of sp³-hybridized carbons (Fsp3) is 0.211. The summed E-state index contributed by atoms with van der Waals surface area (Å²) in [7, 11) is -3.90. The van der Waals surface area contributed by atoms with Crippen LogP contribution in [0.15, 0.2) is 53.4 Å². The van der Waals surface area contributed by atoms with E-state index in [0.717, 1.165) is 6.07 Å². The summed E-state index contributed by atoms with van der Waals surface area (Å²) in [6.45, 7) is 0.538.